The van der Waals surface area contributed by atoms with E-state index in [0.717, 1.165) is 17.5 Å². The molecule has 0 unspecified atom stereocenters. The maximum Gasteiger partial charge on any atom is 0.277 e. The number of hydrogen-bond acceptors (Lipinski definition) is 7. The Morgan fingerprint density at radius 3 is 2.79 bits per heavy atom. The minimum atomic E-state index is -0.171. The maximum atomic E-state index is 12.3. The summed E-state index contributed by atoms with van der Waals surface area (Å²) in [5.41, 5.74) is 2.59. The van der Waals surface area contributed by atoms with Gasteiger partial charge in [0.15, 0.2) is 11.5 Å². The number of thioether (sulfide) groups is 1. The summed E-state index contributed by atoms with van der Waals surface area (Å²) in [7, 11) is 0. The number of nitrogens with one attached hydrogen (secondary N) is 1. The summed E-state index contributed by atoms with van der Waals surface area (Å²) >= 11 is 1.19. The SMILES string of the molecule is Cc1ccccc1-c1nnc(SCC(=O)Nc2ccc3c(c2)OCCCO3)o1. The van der Waals surface area contributed by atoms with E-state index in [0.29, 0.717) is 41.5 Å². The van der Waals surface area contributed by atoms with Gasteiger partial charge in [-0.2, -0.15) is 0 Å². The van der Waals surface area contributed by atoms with E-state index in [1.807, 2.05) is 31.2 Å². The highest BCUT2D eigenvalue weighted by Crippen LogP contribution is 2.32. The predicted molar refractivity (Wildman–Crippen MR) is 106 cm³/mol. The van der Waals surface area contributed by atoms with Gasteiger partial charge in [0.2, 0.25) is 11.8 Å². The molecule has 2 heterocycles. The van der Waals surface area contributed by atoms with Crippen molar-refractivity contribution in [3.05, 3.63) is 48.0 Å². The van der Waals surface area contributed by atoms with Crippen LogP contribution in [-0.4, -0.2) is 35.1 Å². The summed E-state index contributed by atoms with van der Waals surface area (Å²) in [6.45, 7) is 3.21. The first-order valence-corrected chi connectivity index (χ1v) is 9.89. The fraction of sp³-hybridized carbons (Fsp3) is 0.250. The number of rotatable bonds is 5. The molecule has 0 bridgehead atoms. The molecule has 1 N–H and O–H groups in total. The molecule has 0 atom stereocenters. The Kier molecular flexibility index (Phi) is 5.48. The number of amides is 1. The van der Waals surface area contributed by atoms with Crippen LogP contribution in [0.3, 0.4) is 0 Å². The summed E-state index contributed by atoms with van der Waals surface area (Å²) < 4.78 is 16.9. The second-order valence-electron chi connectivity index (χ2n) is 6.24. The van der Waals surface area contributed by atoms with Crippen LogP contribution in [0.15, 0.2) is 52.1 Å². The molecule has 1 amide bonds. The number of aryl methyl sites for hydroxylation is 1. The van der Waals surface area contributed by atoms with Crippen molar-refractivity contribution < 1.29 is 18.7 Å². The van der Waals surface area contributed by atoms with Crippen molar-refractivity contribution in [2.45, 2.75) is 18.6 Å². The van der Waals surface area contributed by atoms with Gasteiger partial charge in [0.05, 0.1) is 19.0 Å². The van der Waals surface area contributed by atoms with Crippen molar-refractivity contribution in [3.63, 3.8) is 0 Å². The maximum absolute atomic E-state index is 12.3. The van der Waals surface area contributed by atoms with Gasteiger partial charge >= 0.3 is 0 Å². The quantitative estimate of drug-likeness (QED) is 0.653. The number of aromatic nitrogens is 2. The van der Waals surface area contributed by atoms with Crippen LogP contribution in [0.2, 0.25) is 0 Å². The van der Waals surface area contributed by atoms with Gasteiger partial charge in [-0.25, -0.2) is 0 Å². The molecule has 0 aliphatic carbocycles. The lowest BCUT2D eigenvalue weighted by molar-refractivity contribution is -0.113. The second kappa shape index (κ2) is 8.35. The third-order valence-electron chi connectivity index (χ3n) is 4.14. The van der Waals surface area contributed by atoms with Gasteiger partial charge < -0.3 is 19.2 Å². The first kappa shape index (κ1) is 18.4. The van der Waals surface area contributed by atoms with Gasteiger partial charge in [0.1, 0.15) is 0 Å². The van der Waals surface area contributed by atoms with E-state index in [4.69, 9.17) is 13.9 Å². The Balaban J connectivity index is 1.35. The Morgan fingerprint density at radius 1 is 1.11 bits per heavy atom. The standard InChI is InChI=1S/C20H19N3O4S/c1-13-5-2-3-6-15(13)19-22-23-20(27-19)28-12-18(24)21-14-7-8-16-17(11-14)26-10-4-9-25-16/h2-3,5-8,11H,4,9-10,12H2,1H3,(H,21,24). The van der Waals surface area contributed by atoms with E-state index in [1.165, 1.54) is 11.8 Å². The third-order valence-corrected chi connectivity index (χ3v) is 4.96. The van der Waals surface area contributed by atoms with Crippen molar-refractivity contribution in [1.82, 2.24) is 10.2 Å². The number of carbonyl (C=O) groups excluding carboxylic acids is 1. The molecule has 0 fully saturated rings. The summed E-state index contributed by atoms with van der Waals surface area (Å²) in [4.78, 5) is 12.3. The Hall–Kier alpha value is -3.00. The fourth-order valence-corrected chi connectivity index (χ4v) is 3.32. The minimum absolute atomic E-state index is 0.157. The molecule has 1 aliphatic heterocycles. The van der Waals surface area contributed by atoms with E-state index in [-0.39, 0.29) is 11.7 Å². The topological polar surface area (TPSA) is 86.5 Å². The molecule has 7 nitrogen and oxygen atoms in total. The Bertz CT molecular complexity index is 989. The molecule has 28 heavy (non-hydrogen) atoms. The molecule has 0 radical (unpaired) electrons. The van der Waals surface area contributed by atoms with Crippen molar-refractivity contribution in [1.29, 1.82) is 0 Å². The summed E-state index contributed by atoms with van der Waals surface area (Å²) in [6, 6.07) is 13.1. The highest BCUT2D eigenvalue weighted by Gasteiger charge is 2.14. The van der Waals surface area contributed by atoms with Crippen molar-refractivity contribution in [2.75, 3.05) is 24.3 Å². The minimum Gasteiger partial charge on any atom is -0.490 e. The number of carbonyl (C=O) groups is 1. The Labute approximate surface area is 166 Å². The van der Waals surface area contributed by atoms with Gasteiger partial charge in [-0.05, 0) is 30.7 Å². The molecule has 3 aromatic rings. The zero-order valence-corrected chi connectivity index (χ0v) is 16.1. The van der Waals surface area contributed by atoms with Crippen molar-refractivity contribution >= 4 is 23.4 Å². The zero-order chi connectivity index (χ0) is 19.3. The average Bonchev–Trinajstić information content (AvgIpc) is 3.04. The highest BCUT2D eigenvalue weighted by molar-refractivity contribution is 7.99. The van der Waals surface area contributed by atoms with E-state index in [9.17, 15) is 4.79 Å². The lowest BCUT2D eigenvalue weighted by Gasteiger charge is -2.10. The first-order chi connectivity index (χ1) is 13.7. The molecule has 0 saturated heterocycles. The lowest BCUT2D eigenvalue weighted by atomic mass is 10.1. The van der Waals surface area contributed by atoms with E-state index >= 15 is 0 Å². The fourth-order valence-electron chi connectivity index (χ4n) is 2.76. The monoisotopic (exact) mass is 397 g/mol. The van der Waals surface area contributed by atoms with E-state index < -0.39 is 0 Å². The normalized spacial score (nSPS) is 13.0. The first-order valence-electron chi connectivity index (χ1n) is 8.91. The molecule has 4 rings (SSSR count). The summed E-state index contributed by atoms with van der Waals surface area (Å²) in [5, 5.41) is 11.3. The van der Waals surface area contributed by atoms with Crippen LogP contribution in [0.4, 0.5) is 5.69 Å². The number of nitrogens with zero attached hydrogens (tertiary/aromatic N) is 2. The molecule has 8 heteroatoms. The molecular formula is C20H19N3O4S. The average molecular weight is 397 g/mol. The highest BCUT2D eigenvalue weighted by atomic mass is 32.2. The molecule has 2 aromatic carbocycles. The second-order valence-corrected chi connectivity index (χ2v) is 7.16. The van der Waals surface area contributed by atoms with Gasteiger partial charge in [0.25, 0.3) is 5.22 Å². The summed E-state index contributed by atoms with van der Waals surface area (Å²) in [6.07, 6.45) is 0.835. The van der Waals surface area contributed by atoms with Crippen LogP contribution < -0.4 is 14.8 Å². The smallest absolute Gasteiger partial charge is 0.277 e. The number of fused-ring (bicyclic) bond motifs is 1. The number of anilines is 1. The van der Waals surface area contributed by atoms with Crippen LogP contribution in [0.5, 0.6) is 11.5 Å². The van der Waals surface area contributed by atoms with Gasteiger partial charge in [-0.3, -0.25) is 4.79 Å². The summed E-state index contributed by atoms with van der Waals surface area (Å²) in [5.74, 6) is 1.77. The van der Waals surface area contributed by atoms with Crippen molar-refractivity contribution in [2.24, 2.45) is 0 Å². The van der Waals surface area contributed by atoms with E-state index in [1.54, 1.807) is 18.2 Å². The van der Waals surface area contributed by atoms with Crippen molar-refractivity contribution in [3.8, 4) is 23.0 Å². The van der Waals surface area contributed by atoms with Crippen LogP contribution in [0.25, 0.3) is 11.5 Å². The molecule has 1 aromatic heterocycles. The van der Waals surface area contributed by atoms with Gasteiger partial charge in [-0.15, -0.1) is 10.2 Å². The lowest BCUT2D eigenvalue weighted by Crippen LogP contribution is -2.14. The number of ether oxygens (including phenoxy) is 2. The molecular weight excluding hydrogens is 378 g/mol. The molecule has 144 valence electrons. The van der Waals surface area contributed by atoms with Crippen LogP contribution >= 0.6 is 11.8 Å². The number of hydrogen-bond donors (Lipinski definition) is 1. The van der Waals surface area contributed by atoms with Gasteiger partial charge in [0, 0.05) is 23.7 Å². The van der Waals surface area contributed by atoms with E-state index in [2.05, 4.69) is 15.5 Å². The van der Waals surface area contributed by atoms with Crippen LogP contribution in [0.1, 0.15) is 12.0 Å². The van der Waals surface area contributed by atoms with Crippen LogP contribution in [0, 0.1) is 6.92 Å². The third kappa shape index (κ3) is 4.28. The zero-order valence-electron chi connectivity index (χ0n) is 15.3. The largest absolute Gasteiger partial charge is 0.490 e. The molecule has 0 saturated carbocycles. The predicted octanol–water partition coefficient (Wildman–Crippen LogP) is 3.94. The Morgan fingerprint density at radius 2 is 1.93 bits per heavy atom. The molecule has 1 aliphatic rings. The number of benzene rings is 2. The van der Waals surface area contributed by atoms with Gasteiger partial charge in [-0.1, -0.05) is 30.0 Å². The van der Waals surface area contributed by atoms with Crippen LogP contribution in [-0.2, 0) is 4.79 Å². The molecule has 0 spiro atoms.